The number of aliphatic hydroxyl groups excluding tert-OH is 1. The number of rotatable bonds is 7. The van der Waals surface area contributed by atoms with Crippen molar-refractivity contribution in [2.45, 2.75) is 64.1 Å². The van der Waals surface area contributed by atoms with Crippen molar-refractivity contribution in [3.05, 3.63) is 42.7 Å². The molecule has 1 saturated carbocycles. The predicted molar refractivity (Wildman–Crippen MR) is 118 cm³/mol. The van der Waals surface area contributed by atoms with E-state index in [1.54, 1.807) is 16.9 Å². The normalized spacial score (nSPS) is 20.2. The van der Waals surface area contributed by atoms with Crippen molar-refractivity contribution in [3.8, 4) is 11.3 Å². The number of fused-ring (bicyclic) bond motifs is 1. The molecule has 2 atom stereocenters. The first-order valence-electron chi connectivity index (χ1n) is 10.7. The molecule has 30 heavy (non-hydrogen) atoms. The van der Waals surface area contributed by atoms with Gasteiger partial charge < -0.3 is 10.8 Å². The van der Waals surface area contributed by atoms with Crippen molar-refractivity contribution in [1.82, 2.24) is 24.4 Å². The van der Waals surface area contributed by atoms with Gasteiger partial charge in [0.05, 0.1) is 53.7 Å². The first-order valence-corrected chi connectivity index (χ1v) is 10.7. The number of aromatic nitrogens is 5. The molecule has 8 nitrogen and oxygen atoms in total. The molecule has 1 fully saturated rings. The zero-order valence-electron chi connectivity index (χ0n) is 17.5. The summed E-state index contributed by atoms with van der Waals surface area (Å²) in [5.74, 6) is 0. The summed E-state index contributed by atoms with van der Waals surface area (Å²) in [4.78, 5) is 9.45. The molecule has 0 aliphatic heterocycles. The Kier molecular flexibility index (Phi) is 5.94. The van der Waals surface area contributed by atoms with Crippen LogP contribution in [-0.2, 0) is 0 Å². The fourth-order valence-electron chi connectivity index (χ4n) is 4.07. The van der Waals surface area contributed by atoms with Crippen molar-refractivity contribution < 1.29 is 5.11 Å². The number of aliphatic imine (C=N–C) groups is 1. The first kappa shape index (κ1) is 20.3. The molecule has 1 aliphatic carbocycles. The summed E-state index contributed by atoms with van der Waals surface area (Å²) in [7, 11) is 0. The van der Waals surface area contributed by atoms with Gasteiger partial charge in [0.1, 0.15) is 0 Å². The first-order chi connectivity index (χ1) is 14.6. The Morgan fingerprint density at radius 1 is 1.30 bits per heavy atom. The maximum Gasteiger partial charge on any atom is 0.0999 e. The second-order valence-electron chi connectivity index (χ2n) is 7.78. The Balaban J connectivity index is 1.71. The average molecular weight is 408 g/mol. The molecule has 0 bridgehead atoms. The summed E-state index contributed by atoms with van der Waals surface area (Å²) in [5, 5.41) is 19.0. The van der Waals surface area contributed by atoms with Crippen LogP contribution in [0.15, 0.2) is 42.0 Å². The van der Waals surface area contributed by atoms with Gasteiger partial charge in [0.25, 0.3) is 0 Å². The Hall–Kier alpha value is -3.00. The molecule has 0 saturated heterocycles. The third-order valence-electron chi connectivity index (χ3n) is 5.91. The van der Waals surface area contributed by atoms with Gasteiger partial charge in [-0.3, -0.25) is 9.67 Å². The summed E-state index contributed by atoms with van der Waals surface area (Å²) in [6.07, 6.45) is 15.1. The third-order valence-corrected chi connectivity index (χ3v) is 5.91. The molecule has 1 aliphatic rings. The van der Waals surface area contributed by atoms with Gasteiger partial charge in [-0.2, -0.15) is 10.2 Å². The lowest BCUT2D eigenvalue weighted by atomic mass is 10.1. The van der Waals surface area contributed by atoms with E-state index in [4.69, 9.17) is 10.7 Å². The standard InChI is InChI=1S/C22H29N7O/c1-3-17(4-2)28-13-16(12-26-28)22-20-8-9-25-29(20)14-19(27-22)15(10-23)11-24-18-6-5-7-21(18)30/h8-14,17-18,21,30H,3-7,23H2,1-2H3. The van der Waals surface area contributed by atoms with Gasteiger partial charge in [0, 0.05) is 29.7 Å². The fourth-order valence-corrected chi connectivity index (χ4v) is 4.07. The van der Waals surface area contributed by atoms with E-state index >= 15 is 0 Å². The van der Waals surface area contributed by atoms with E-state index in [1.807, 2.05) is 29.3 Å². The maximum absolute atomic E-state index is 10.0. The summed E-state index contributed by atoms with van der Waals surface area (Å²) >= 11 is 0. The highest BCUT2D eigenvalue weighted by Crippen LogP contribution is 2.27. The molecule has 4 rings (SSSR count). The summed E-state index contributed by atoms with van der Waals surface area (Å²) in [6, 6.07) is 2.23. The van der Waals surface area contributed by atoms with Crippen molar-refractivity contribution in [1.29, 1.82) is 0 Å². The minimum atomic E-state index is -0.381. The molecule has 3 aromatic rings. The zero-order valence-corrected chi connectivity index (χ0v) is 17.5. The van der Waals surface area contributed by atoms with E-state index in [9.17, 15) is 5.11 Å². The van der Waals surface area contributed by atoms with E-state index in [0.717, 1.165) is 48.9 Å². The van der Waals surface area contributed by atoms with Crippen molar-refractivity contribution in [2.24, 2.45) is 10.7 Å². The van der Waals surface area contributed by atoms with Crippen LogP contribution in [0.4, 0.5) is 0 Å². The smallest absolute Gasteiger partial charge is 0.0999 e. The van der Waals surface area contributed by atoms with Crippen molar-refractivity contribution >= 4 is 17.3 Å². The van der Waals surface area contributed by atoms with E-state index in [0.29, 0.717) is 17.3 Å². The van der Waals surface area contributed by atoms with Crippen molar-refractivity contribution in [2.75, 3.05) is 0 Å². The van der Waals surface area contributed by atoms with Crippen LogP contribution in [0, 0.1) is 0 Å². The van der Waals surface area contributed by atoms with Crippen LogP contribution in [0.1, 0.15) is 57.7 Å². The largest absolute Gasteiger partial charge is 0.404 e. The summed E-state index contributed by atoms with van der Waals surface area (Å²) < 4.78 is 3.81. The molecule has 0 radical (unpaired) electrons. The number of nitrogens with two attached hydrogens (primary N) is 1. The Bertz CT molecular complexity index is 1060. The molecule has 158 valence electrons. The minimum absolute atomic E-state index is 0.0777. The molecule has 2 unspecified atom stereocenters. The second kappa shape index (κ2) is 8.79. The van der Waals surface area contributed by atoms with Crippen LogP contribution in [0.5, 0.6) is 0 Å². The molecule has 3 aromatic heterocycles. The number of aliphatic hydroxyl groups is 1. The molecule has 0 spiro atoms. The number of hydrogen-bond donors (Lipinski definition) is 2. The highest BCUT2D eigenvalue weighted by atomic mass is 16.3. The summed E-state index contributed by atoms with van der Waals surface area (Å²) in [6.45, 7) is 4.34. The fraction of sp³-hybridized carbons (Fsp3) is 0.455. The number of allylic oxidation sites excluding steroid dienone is 1. The number of nitrogens with zero attached hydrogens (tertiary/aromatic N) is 6. The van der Waals surface area contributed by atoms with E-state index in [2.05, 4.69) is 29.0 Å². The molecule has 3 N–H and O–H groups in total. The Morgan fingerprint density at radius 2 is 2.13 bits per heavy atom. The molecular weight excluding hydrogens is 378 g/mol. The molecular formula is C22H29N7O. The SMILES string of the molecule is CCC(CC)n1cc(-c2nc(C(C=NC3CCCC3O)=CN)cn3nccc23)cn1. The second-order valence-corrected chi connectivity index (χ2v) is 7.78. The van der Waals surface area contributed by atoms with Gasteiger partial charge in [-0.05, 0) is 38.2 Å². The Labute approximate surface area is 176 Å². The topological polar surface area (TPSA) is 107 Å². The third kappa shape index (κ3) is 3.87. The summed E-state index contributed by atoms with van der Waals surface area (Å²) in [5.41, 5.74) is 9.93. The minimum Gasteiger partial charge on any atom is -0.404 e. The van der Waals surface area contributed by atoms with Gasteiger partial charge in [-0.25, -0.2) is 9.50 Å². The monoisotopic (exact) mass is 407 g/mol. The van der Waals surface area contributed by atoms with Crippen LogP contribution in [0.3, 0.4) is 0 Å². The molecule has 0 aromatic carbocycles. The highest BCUT2D eigenvalue weighted by molar-refractivity contribution is 6.09. The maximum atomic E-state index is 10.0. The molecule has 3 heterocycles. The highest BCUT2D eigenvalue weighted by Gasteiger charge is 2.24. The van der Waals surface area contributed by atoms with Gasteiger partial charge >= 0.3 is 0 Å². The predicted octanol–water partition coefficient (Wildman–Crippen LogP) is 3.24. The van der Waals surface area contributed by atoms with E-state index in [-0.39, 0.29) is 12.1 Å². The lowest BCUT2D eigenvalue weighted by molar-refractivity contribution is 0.166. The number of hydrogen-bond acceptors (Lipinski definition) is 6. The van der Waals surface area contributed by atoms with Crippen LogP contribution < -0.4 is 5.73 Å². The average Bonchev–Trinajstić information content (AvgIpc) is 3.50. The lowest BCUT2D eigenvalue weighted by Crippen LogP contribution is -2.16. The van der Waals surface area contributed by atoms with Crippen LogP contribution in [0.2, 0.25) is 0 Å². The zero-order chi connectivity index (χ0) is 21.1. The van der Waals surface area contributed by atoms with Gasteiger partial charge in [-0.15, -0.1) is 0 Å². The van der Waals surface area contributed by atoms with Crippen LogP contribution >= 0.6 is 0 Å². The lowest BCUT2D eigenvalue weighted by Gasteiger charge is -2.12. The van der Waals surface area contributed by atoms with Crippen LogP contribution in [-0.4, -0.2) is 47.8 Å². The van der Waals surface area contributed by atoms with E-state index < -0.39 is 0 Å². The quantitative estimate of drug-likeness (QED) is 0.585. The molecule has 0 amide bonds. The van der Waals surface area contributed by atoms with Gasteiger partial charge in [0.15, 0.2) is 0 Å². The van der Waals surface area contributed by atoms with Crippen LogP contribution in [0.25, 0.3) is 22.3 Å². The van der Waals surface area contributed by atoms with Crippen molar-refractivity contribution in [3.63, 3.8) is 0 Å². The molecule has 8 heteroatoms. The van der Waals surface area contributed by atoms with E-state index in [1.165, 1.54) is 6.20 Å². The Morgan fingerprint density at radius 3 is 2.83 bits per heavy atom. The van der Waals surface area contributed by atoms with Gasteiger partial charge in [-0.1, -0.05) is 13.8 Å². The van der Waals surface area contributed by atoms with Gasteiger partial charge in [0.2, 0.25) is 0 Å².